The number of unbranched alkanes of at least 4 members (excludes halogenated alkanes) is 12. The molecule has 0 aromatic carbocycles. The second-order valence-electron chi connectivity index (χ2n) is 7.70. The highest BCUT2D eigenvalue weighted by atomic mass is 16.5. The third-order valence-corrected chi connectivity index (χ3v) is 4.07. The summed E-state index contributed by atoms with van der Waals surface area (Å²) in [5, 5.41) is 8.54. The zero-order chi connectivity index (χ0) is 17.4. The summed E-state index contributed by atoms with van der Waals surface area (Å²) in [5.41, 5.74) is 0.0102. The predicted octanol–water partition coefficient (Wildman–Crippen LogP) is 6.35. The summed E-state index contributed by atoms with van der Waals surface area (Å²) in [4.78, 5) is 10.4. The standard InChI is InChI=1S/C20H40O3/c1-20(2,3)23-18-16-14-12-10-8-6-4-5-7-9-11-13-15-17-19(21)22/h4-18H2,1-3H3,(H,21,22). The molecular weight excluding hydrogens is 288 g/mol. The molecule has 1 N–H and O–H groups in total. The Morgan fingerprint density at radius 3 is 1.39 bits per heavy atom. The molecule has 0 aromatic heterocycles. The van der Waals surface area contributed by atoms with E-state index in [1.165, 1.54) is 70.6 Å². The third-order valence-electron chi connectivity index (χ3n) is 4.07. The van der Waals surface area contributed by atoms with Gasteiger partial charge >= 0.3 is 5.97 Å². The van der Waals surface area contributed by atoms with Crippen LogP contribution in [0.1, 0.15) is 111 Å². The van der Waals surface area contributed by atoms with E-state index < -0.39 is 5.97 Å². The molecule has 0 heterocycles. The molecule has 138 valence electrons. The van der Waals surface area contributed by atoms with E-state index in [4.69, 9.17) is 9.84 Å². The van der Waals surface area contributed by atoms with Gasteiger partial charge in [-0.3, -0.25) is 4.79 Å². The van der Waals surface area contributed by atoms with Crippen molar-refractivity contribution in [1.82, 2.24) is 0 Å². The quantitative estimate of drug-likeness (QED) is 0.336. The molecule has 0 aliphatic rings. The molecule has 3 nitrogen and oxygen atoms in total. The molecule has 0 saturated carbocycles. The lowest BCUT2D eigenvalue weighted by molar-refractivity contribution is -0.137. The van der Waals surface area contributed by atoms with Crippen LogP contribution in [0.25, 0.3) is 0 Å². The van der Waals surface area contributed by atoms with Gasteiger partial charge in [0.05, 0.1) is 5.60 Å². The Labute approximate surface area is 144 Å². The zero-order valence-electron chi connectivity index (χ0n) is 15.9. The predicted molar refractivity (Wildman–Crippen MR) is 98.0 cm³/mol. The molecule has 0 aliphatic heterocycles. The van der Waals surface area contributed by atoms with Crippen LogP contribution in [0.15, 0.2) is 0 Å². The molecule has 0 bridgehead atoms. The molecule has 0 radical (unpaired) electrons. The summed E-state index contributed by atoms with van der Waals surface area (Å²) >= 11 is 0. The molecule has 0 aliphatic carbocycles. The summed E-state index contributed by atoms with van der Waals surface area (Å²) in [6.07, 6.45) is 16.7. The second kappa shape index (κ2) is 15.0. The minimum Gasteiger partial charge on any atom is -0.481 e. The van der Waals surface area contributed by atoms with Crippen LogP contribution in [0.4, 0.5) is 0 Å². The molecule has 0 aromatic rings. The largest absolute Gasteiger partial charge is 0.481 e. The van der Waals surface area contributed by atoms with E-state index in [-0.39, 0.29) is 5.60 Å². The van der Waals surface area contributed by atoms with Crippen LogP contribution in [-0.4, -0.2) is 23.3 Å². The monoisotopic (exact) mass is 328 g/mol. The van der Waals surface area contributed by atoms with Gasteiger partial charge in [-0.2, -0.15) is 0 Å². The Morgan fingerprint density at radius 2 is 1.04 bits per heavy atom. The van der Waals surface area contributed by atoms with Crippen molar-refractivity contribution in [3.8, 4) is 0 Å². The summed E-state index contributed by atoms with van der Waals surface area (Å²) in [6, 6.07) is 0. The third kappa shape index (κ3) is 21.4. The summed E-state index contributed by atoms with van der Waals surface area (Å²) in [6.45, 7) is 7.24. The van der Waals surface area contributed by atoms with Crippen LogP contribution in [0.5, 0.6) is 0 Å². The molecule has 23 heavy (non-hydrogen) atoms. The van der Waals surface area contributed by atoms with Crippen molar-refractivity contribution in [2.24, 2.45) is 0 Å². The van der Waals surface area contributed by atoms with Crippen molar-refractivity contribution in [2.75, 3.05) is 6.61 Å². The van der Waals surface area contributed by atoms with Crippen LogP contribution < -0.4 is 0 Å². The SMILES string of the molecule is CC(C)(C)OCCCCCCCCCCCCCCCC(=O)O. The minimum atomic E-state index is -0.660. The summed E-state index contributed by atoms with van der Waals surface area (Å²) in [7, 11) is 0. The first kappa shape index (κ1) is 22.4. The van der Waals surface area contributed by atoms with E-state index in [1.807, 2.05) is 0 Å². The van der Waals surface area contributed by atoms with Crippen molar-refractivity contribution in [3.63, 3.8) is 0 Å². The lowest BCUT2D eigenvalue weighted by Crippen LogP contribution is -2.19. The number of rotatable bonds is 16. The fraction of sp³-hybridized carbons (Fsp3) is 0.950. The molecule has 3 heteroatoms. The van der Waals surface area contributed by atoms with Gasteiger partial charge < -0.3 is 9.84 Å². The lowest BCUT2D eigenvalue weighted by atomic mass is 10.0. The van der Waals surface area contributed by atoms with Gasteiger partial charge in [-0.15, -0.1) is 0 Å². The van der Waals surface area contributed by atoms with Crippen molar-refractivity contribution >= 4 is 5.97 Å². The molecular formula is C20H40O3. The van der Waals surface area contributed by atoms with Gasteiger partial charge in [0.15, 0.2) is 0 Å². The van der Waals surface area contributed by atoms with Gasteiger partial charge in [0.2, 0.25) is 0 Å². The smallest absolute Gasteiger partial charge is 0.303 e. The molecule has 0 atom stereocenters. The van der Waals surface area contributed by atoms with E-state index in [9.17, 15) is 4.79 Å². The van der Waals surface area contributed by atoms with Crippen LogP contribution in [0.2, 0.25) is 0 Å². The number of hydrogen-bond acceptors (Lipinski definition) is 2. The van der Waals surface area contributed by atoms with Crippen molar-refractivity contribution < 1.29 is 14.6 Å². The number of carboxylic acid groups (broad SMARTS) is 1. The van der Waals surface area contributed by atoms with Crippen LogP contribution in [0.3, 0.4) is 0 Å². The van der Waals surface area contributed by atoms with Gasteiger partial charge in [0, 0.05) is 13.0 Å². The van der Waals surface area contributed by atoms with Crippen LogP contribution in [0, 0.1) is 0 Å². The first-order valence-corrected chi connectivity index (χ1v) is 9.77. The van der Waals surface area contributed by atoms with E-state index in [0.717, 1.165) is 19.4 Å². The van der Waals surface area contributed by atoms with Gasteiger partial charge in [0.25, 0.3) is 0 Å². The second-order valence-corrected chi connectivity index (χ2v) is 7.70. The number of carboxylic acids is 1. The average molecular weight is 329 g/mol. The fourth-order valence-corrected chi connectivity index (χ4v) is 2.70. The van der Waals surface area contributed by atoms with Crippen molar-refractivity contribution in [3.05, 3.63) is 0 Å². The Balaban J connectivity index is 3.04. The minimum absolute atomic E-state index is 0.0102. The highest BCUT2D eigenvalue weighted by molar-refractivity contribution is 5.66. The maximum Gasteiger partial charge on any atom is 0.303 e. The number of carbonyl (C=O) groups is 1. The molecule has 0 fully saturated rings. The topological polar surface area (TPSA) is 46.5 Å². The van der Waals surface area contributed by atoms with Crippen molar-refractivity contribution in [1.29, 1.82) is 0 Å². The lowest BCUT2D eigenvalue weighted by Gasteiger charge is -2.19. The van der Waals surface area contributed by atoms with E-state index in [0.29, 0.717) is 6.42 Å². The summed E-state index contributed by atoms with van der Waals surface area (Å²) in [5.74, 6) is -0.660. The number of ether oxygens (including phenoxy) is 1. The van der Waals surface area contributed by atoms with Crippen LogP contribution >= 0.6 is 0 Å². The zero-order valence-corrected chi connectivity index (χ0v) is 15.9. The molecule has 0 unspecified atom stereocenters. The van der Waals surface area contributed by atoms with Crippen molar-refractivity contribution in [2.45, 2.75) is 116 Å². The maximum atomic E-state index is 10.4. The highest BCUT2D eigenvalue weighted by Crippen LogP contribution is 2.13. The molecule has 0 amide bonds. The van der Waals surface area contributed by atoms with Gasteiger partial charge in [-0.1, -0.05) is 70.6 Å². The fourth-order valence-electron chi connectivity index (χ4n) is 2.70. The normalized spacial score (nSPS) is 11.8. The molecule has 0 rings (SSSR count). The Bertz CT molecular complexity index is 269. The van der Waals surface area contributed by atoms with Crippen LogP contribution in [-0.2, 0) is 9.53 Å². The molecule has 0 spiro atoms. The van der Waals surface area contributed by atoms with E-state index in [2.05, 4.69) is 20.8 Å². The van der Waals surface area contributed by atoms with E-state index >= 15 is 0 Å². The van der Waals surface area contributed by atoms with Gasteiger partial charge in [-0.05, 0) is 33.6 Å². The number of hydrogen-bond donors (Lipinski definition) is 1. The summed E-state index contributed by atoms with van der Waals surface area (Å²) < 4.78 is 5.72. The van der Waals surface area contributed by atoms with E-state index in [1.54, 1.807) is 0 Å². The first-order valence-electron chi connectivity index (χ1n) is 9.77. The maximum absolute atomic E-state index is 10.4. The highest BCUT2D eigenvalue weighted by Gasteiger charge is 2.08. The average Bonchev–Trinajstić information content (AvgIpc) is 2.45. The Hall–Kier alpha value is -0.570. The Kier molecular flexibility index (Phi) is 14.6. The number of aliphatic carboxylic acids is 1. The Morgan fingerprint density at radius 1 is 0.696 bits per heavy atom. The van der Waals surface area contributed by atoms with Gasteiger partial charge in [0.1, 0.15) is 0 Å². The first-order chi connectivity index (χ1) is 10.9. The van der Waals surface area contributed by atoms with Gasteiger partial charge in [-0.25, -0.2) is 0 Å². The molecule has 0 saturated heterocycles.